The quantitative estimate of drug-likeness (QED) is 0.633. The van der Waals surface area contributed by atoms with E-state index in [0.29, 0.717) is 13.2 Å². The minimum atomic E-state index is -0.0443. The van der Waals surface area contributed by atoms with Gasteiger partial charge in [-0.3, -0.25) is 0 Å². The first-order valence-electron chi connectivity index (χ1n) is 8.35. The monoisotopic (exact) mass is 381 g/mol. The molecule has 0 aromatic heterocycles. The number of hydrogen-bond donors (Lipinski definition) is 1. The SMILES string of the molecule is COc1ccc(C(OC)C(C)NCCOc2ccccc2OC)cc1.Cl. The van der Waals surface area contributed by atoms with Crippen LogP contribution in [0.3, 0.4) is 0 Å². The zero-order valence-electron chi connectivity index (χ0n) is 15.7. The molecule has 0 fully saturated rings. The Bertz CT molecular complexity index is 636. The van der Waals surface area contributed by atoms with Crippen LogP contribution >= 0.6 is 12.4 Å². The molecule has 2 aromatic carbocycles. The maximum Gasteiger partial charge on any atom is 0.161 e. The fourth-order valence-electron chi connectivity index (χ4n) is 2.72. The molecule has 0 aliphatic carbocycles. The Morgan fingerprint density at radius 2 is 1.54 bits per heavy atom. The second-order valence-corrected chi connectivity index (χ2v) is 5.67. The Kier molecular flexibility index (Phi) is 9.88. The normalized spacial score (nSPS) is 12.6. The molecule has 1 N–H and O–H groups in total. The van der Waals surface area contributed by atoms with Crippen molar-refractivity contribution in [2.45, 2.75) is 19.1 Å². The van der Waals surface area contributed by atoms with Crippen molar-refractivity contribution in [3.8, 4) is 17.2 Å². The number of nitrogens with one attached hydrogen (secondary N) is 1. The average Bonchev–Trinajstić information content (AvgIpc) is 2.66. The van der Waals surface area contributed by atoms with E-state index in [4.69, 9.17) is 18.9 Å². The Hall–Kier alpha value is -1.95. The van der Waals surface area contributed by atoms with Crippen LogP contribution < -0.4 is 19.5 Å². The number of para-hydroxylation sites is 2. The fraction of sp³-hybridized carbons (Fsp3) is 0.400. The molecule has 0 amide bonds. The van der Waals surface area contributed by atoms with Crippen molar-refractivity contribution in [2.24, 2.45) is 0 Å². The number of hydrogen-bond acceptors (Lipinski definition) is 5. The van der Waals surface area contributed by atoms with E-state index in [0.717, 1.165) is 22.8 Å². The van der Waals surface area contributed by atoms with Gasteiger partial charge in [-0.25, -0.2) is 0 Å². The van der Waals surface area contributed by atoms with E-state index < -0.39 is 0 Å². The molecule has 0 spiro atoms. The van der Waals surface area contributed by atoms with Crippen LogP contribution in [-0.4, -0.2) is 40.5 Å². The van der Waals surface area contributed by atoms with Crippen LogP contribution in [0.1, 0.15) is 18.6 Å². The molecule has 0 heterocycles. The lowest BCUT2D eigenvalue weighted by atomic mass is 10.0. The minimum Gasteiger partial charge on any atom is -0.497 e. The molecule has 26 heavy (non-hydrogen) atoms. The van der Waals surface area contributed by atoms with E-state index in [1.807, 2.05) is 48.5 Å². The predicted octanol–water partition coefficient (Wildman–Crippen LogP) is 3.87. The molecule has 0 saturated carbocycles. The van der Waals surface area contributed by atoms with Crippen LogP contribution in [0.15, 0.2) is 48.5 Å². The van der Waals surface area contributed by atoms with Gasteiger partial charge in [-0.15, -0.1) is 12.4 Å². The lowest BCUT2D eigenvalue weighted by Gasteiger charge is -2.24. The van der Waals surface area contributed by atoms with Gasteiger partial charge in [0.25, 0.3) is 0 Å². The van der Waals surface area contributed by atoms with Crippen molar-refractivity contribution in [3.05, 3.63) is 54.1 Å². The van der Waals surface area contributed by atoms with Crippen molar-refractivity contribution in [2.75, 3.05) is 34.5 Å². The van der Waals surface area contributed by atoms with Gasteiger partial charge in [0.2, 0.25) is 0 Å². The molecule has 5 nitrogen and oxygen atoms in total. The Labute approximate surface area is 162 Å². The molecule has 0 aliphatic heterocycles. The first kappa shape index (κ1) is 22.1. The zero-order valence-corrected chi connectivity index (χ0v) is 16.5. The van der Waals surface area contributed by atoms with Gasteiger partial charge in [-0.2, -0.15) is 0 Å². The van der Waals surface area contributed by atoms with Crippen LogP contribution in [0.25, 0.3) is 0 Å². The van der Waals surface area contributed by atoms with Gasteiger partial charge in [0.15, 0.2) is 11.5 Å². The lowest BCUT2D eigenvalue weighted by Crippen LogP contribution is -2.35. The summed E-state index contributed by atoms with van der Waals surface area (Å²) in [6.07, 6.45) is -0.0443. The molecule has 2 rings (SSSR count). The molecule has 0 saturated heterocycles. The summed E-state index contributed by atoms with van der Waals surface area (Å²) < 4.78 is 21.9. The zero-order chi connectivity index (χ0) is 18.1. The Morgan fingerprint density at radius 3 is 2.12 bits per heavy atom. The molecule has 2 unspecified atom stereocenters. The molecule has 0 aliphatic rings. The number of benzene rings is 2. The number of rotatable bonds is 10. The van der Waals surface area contributed by atoms with E-state index in [9.17, 15) is 0 Å². The first-order chi connectivity index (χ1) is 12.2. The first-order valence-corrected chi connectivity index (χ1v) is 8.35. The van der Waals surface area contributed by atoms with Crippen molar-refractivity contribution in [3.63, 3.8) is 0 Å². The fourth-order valence-corrected chi connectivity index (χ4v) is 2.72. The third-order valence-corrected chi connectivity index (χ3v) is 4.05. The van der Waals surface area contributed by atoms with Gasteiger partial charge in [0, 0.05) is 19.7 Å². The van der Waals surface area contributed by atoms with Crippen LogP contribution in [-0.2, 0) is 4.74 Å². The van der Waals surface area contributed by atoms with E-state index in [2.05, 4.69) is 12.2 Å². The third-order valence-electron chi connectivity index (χ3n) is 4.05. The Balaban J connectivity index is 0.00000338. The van der Waals surface area contributed by atoms with Crippen molar-refractivity contribution in [1.29, 1.82) is 0 Å². The maximum atomic E-state index is 5.78. The molecule has 0 radical (unpaired) electrons. The number of halogens is 1. The summed E-state index contributed by atoms with van der Waals surface area (Å²) in [5.41, 5.74) is 1.11. The van der Waals surface area contributed by atoms with Crippen LogP contribution in [0, 0.1) is 0 Å². The minimum absolute atomic E-state index is 0. The summed E-state index contributed by atoms with van der Waals surface area (Å²) in [6, 6.07) is 15.7. The van der Waals surface area contributed by atoms with Crippen molar-refractivity contribution < 1.29 is 18.9 Å². The highest BCUT2D eigenvalue weighted by atomic mass is 35.5. The Morgan fingerprint density at radius 1 is 0.885 bits per heavy atom. The average molecular weight is 382 g/mol. The topological polar surface area (TPSA) is 49.0 Å². The number of methoxy groups -OCH3 is 3. The van der Waals surface area contributed by atoms with E-state index in [1.165, 1.54) is 0 Å². The molecular weight excluding hydrogens is 354 g/mol. The van der Waals surface area contributed by atoms with E-state index >= 15 is 0 Å². The molecule has 6 heteroatoms. The predicted molar refractivity (Wildman–Crippen MR) is 106 cm³/mol. The van der Waals surface area contributed by atoms with Gasteiger partial charge in [-0.1, -0.05) is 24.3 Å². The number of ether oxygens (including phenoxy) is 4. The highest BCUT2D eigenvalue weighted by molar-refractivity contribution is 5.85. The summed E-state index contributed by atoms with van der Waals surface area (Å²) in [4.78, 5) is 0. The van der Waals surface area contributed by atoms with Crippen molar-refractivity contribution in [1.82, 2.24) is 5.32 Å². The maximum absolute atomic E-state index is 5.78. The molecule has 2 atom stereocenters. The standard InChI is InChI=1S/C20H27NO4.ClH/c1-15(20(24-4)16-9-11-17(22-2)12-10-16)21-13-14-25-19-8-6-5-7-18(19)23-3;/h5-12,15,20-21H,13-14H2,1-4H3;1H. The second kappa shape index (κ2) is 11.6. The van der Waals surface area contributed by atoms with Gasteiger partial charge in [-0.05, 0) is 36.8 Å². The van der Waals surface area contributed by atoms with Gasteiger partial charge in [0.1, 0.15) is 12.4 Å². The summed E-state index contributed by atoms with van der Waals surface area (Å²) in [7, 11) is 5.02. The molecule has 144 valence electrons. The van der Waals surface area contributed by atoms with E-state index in [-0.39, 0.29) is 24.6 Å². The third kappa shape index (κ3) is 6.09. The molecule has 2 aromatic rings. The summed E-state index contributed by atoms with van der Waals surface area (Å²) in [6.45, 7) is 3.35. The smallest absolute Gasteiger partial charge is 0.161 e. The van der Waals surface area contributed by atoms with Gasteiger partial charge >= 0.3 is 0 Å². The van der Waals surface area contributed by atoms with Gasteiger partial charge < -0.3 is 24.3 Å². The summed E-state index contributed by atoms with van der Waals surface area (Å²) in [5.74, 6) is 2.32. The second-order valence-electron chi connectivity index (χ2n) is 5.67. The summed E-state index contributed by atoms with van der Waals surface area (Å²) in [5, 5.41) is 3.45. The van der Waals surface area contributed by atoms with Crippen LogP contribution in [0.4, 0.5) is 0 Å². The molecule has 0 bridgehead atoms. The summed E-state index contributed by atoms with van der Waals surface area (Å²) >= 11 is 0. The highest BCUT2D eigenvalue weighted by Crippen LogP contribution is 2.26. The van der Waals surface area contributed by atoms with E-state index in [1.54, 1.807) is 21.3 Å². The van der Waals surface area contributed by atoms with Crippen molar-refractivity contribution >= 4 is 12.4 Å². The lowest BCUT2D eigenvalue weighted by molar-refractivity contribution is 0.0722. The largest absolute Gasteiger partial charge is 0.497 e. The highest BCUT2D eigenvalue weighted by Gasteiger charge is 2.18. The van der Waals surface area contributed by atoms with Crippen LogP contribution in [0.5, 0.6) is 17.2 Å². The van der Waals surface area contributed by atoms with Crippen LogP contribution in [0.2, 0.25) is 0 Å². The molecular formula is C20H28ClNO4. The van der Waals surface area contributed by atoms with Gasteiger partial charge in [0.05, 0.1) is 20.3 Å².